The lowest BCUT2D eigenvalue weighted by Crippen LogP contribution is -2.70. The predicted molar refractivity (Wildman–Crippen MR) is 132 cm³/mol. The second-order valence-electron chi connectivity index (χ2n) is 12.6. The summed E-state index contributed by atoms with van der Waals surface area (Å²) in [5.41, 5.74) is 0.0537. The van der Waals surface area contributed by atoms with Gasteiger partial charge in [0.05, 0.1) is 6.10 Å². The van der Waals surface area contributed by atoms with Crippen molar-refractivity contribution in [3.63, 3.8) is 0 Å². The van der Waals surface area contributed by atoms with Crippen molar-refractivity contribution in [3.8, 4) is 0 Å². The molecule has 0 N–H and O–H groups in total. The lowest BCUT2D eigenvalue weighted by atomic mass is 9.46. The fourth-order valence-electron chi connectivity index (χ4n) is 8.93. The van der Waals surface area contributed by atoms with Crippen LogP contribution < -0.4 is 0 Å². The molecule has 7 aliphatic rings. The quantitative estimate of drug-likeness (QED) is 0.177. The molecule has 198 valence electrons. The highest BCUT2D eigenvalue weighted by Crippen LogP contribution is 2.83. The second-order valence-corrected chi connectivity index (χ2v) is 13.4. The molecule has 2 spiro atoms. The molecule has 3 aliphatic carbocycles. The number of halogens is 1. The molecule has 2 saturated carbocycles. The highest BCUT2D eigenvalue weighted by molar-refractivity contribution is 9.09. The van der Waals surface area contributed by atoms with E-state index >= 15 is 0 Å². The van der Waals surface area contributed by atoms with Crippen molar-refractivity contribution >= 4 is 27.9 Å². The standard InChI is InChI=1S/C28H37BrO7/c1-15(2)26-21(35-26)22-28(36-22)25(3)11-10-16-17(14-32-23(16)31)18(25)13-19-27(28,34-19)24(26)33-20(30)9-7-5-4-6-8-12-29/h15,18-19,21-22,24H,4-14H2,1-3H3/t18-,19-,21-,22-,24+,25-,26-,27+,28+/m0/s1. The first-order valence-electron chi connectivity index (χ1n) is 14.0. The van der Waals surface area contributed by atoms with Crippen molar-refractivity contribution < 1.29 is 33.3 Å². The Labute approximate surface area is 221 Å². The van der Waals surface area contributed by atoms with E-state index in [4.69, 9.17) is 23.7 Å². The van der Waals surface area contributed by atoms with Crippen LogP contribution >= 0.6 is 15.9 Å². The lowest BCUT2D eigenvalue weighted by Gasteiger charge is -2.53. The number of hydrogen-bond acceptors (Lipinski definition) is 7. The second kappa shape index (κ2) is 7.80. The molecule has 4 aliphatic heterocycles. The summed E-state index contributed by atoms with van der Waals surface area (Å²) in [5, 5.41) is 1.03. The van der Waals surface area contributed by atoms with Crippen LogP contribution in [0.5, 0.6) is 0 Å². The van der Waals surface area contributed by atoms with Gasteiger partial charge in [-0.1, -0.05) is 56.0 Å². The van der Waals surface area contributed by atoms with Crippen LogP contribution in [0.3, 0.4) is 0 Å². The normalized spacial score (nSPS) is 48.7. The minimum atomic E-state index is -0.659. The molecule has 7 rings (SSSR count). The minimum Gasteiger partial charge on any atom is -0.458 e. The Hall–Kier alpha value is -0.960. The average Bonchev–Trinajstić information content (AvgIpc) is 3.75. The van der Waals surface area contributed by atoms with Crippen molar-refractivity contribution in [1.29, 1.82) is 0 Å². The van der Waals surface area contributed by atoms with Gasteiger partial charge in [-0.2, -0.15) is 0 Å². The van der Waals surface area contributed by atoms with Gasteiger partial charge in [0.1, 0.15) is 30.0 Å². The predicted octanol–water partition coefficient (Wildman–Crippen LogP) is 4.39. The maximum atomic E-state index is 13.2. The summed E-state index contributed by atoms with van der Waals surface area (Å²) in [7, 11) is 0. The van der Waals surface area contributed by atoms with Crippen LogP contribution in [0.25, 0.3) is 0 Å². The summed E-state index contributed by atoms with van der Waals surface area (Å²) >= 11 is 3.48. The van der Waals surface area contributed by atoms with E-state index in [1.54, 1.807) is 0 Å². The molecule has 5 fully saturated rings. The molecule has 36 heavy (non-hydrogen) atoms. The highest BCUT2D eigenvalue weighted by atomic mass is 79.9. The lowest BCUT2D eigenvalue weighted by molar-refractivity contribution is -0.169. The number of rotatable bonds is 9. The van der Waals surface area contributed by atoms with E-state index in [1.807, 2.05) is 0 Å². The molecule has 0 aromatic rings. The Morgan fingerprint density at radius 2 is 1.89 bits per heavy atom. The van der Waals surface area contributed by atoms with E-state index in [-0.39, 0.29) is 47.5 Å². The summed E-state index contributed by atoms with van der Waals surface area (Å²) in [5.74, 6) is 0.0548. The molecule has 0 bridgehead atoms. The van der Waals surface area contributed by atoms with E-state index < -0.39 is 22.9 Å². The number of epoxide rings is 3. The van der Waals surface area contributed by atoms with Crippen LogP contribution in [-0.2, 0) is 33.3 Å². The molecular formula is C28H37BrO7. The Bertz CT molecular complexity index is 1040. The van der Waals surface area contributed by atoms with Crippen molar-refractivity contribution in [1.82, 2.24) is 0 Å². The fourth-order valence-corrected chi connectivity index (χ4v) is 9.32. The molecule has 0 aromatic heterocycles. The van der Waals surface area contributed by atoms with Gasteiger partial charge in [0.25, 0.3) is 0 Å². The number of fused-ring (bicyclic) bond motifs is 4. The first-order valence-corrected chi connectivity index (χ1v) is 15.1. The summed E-state index contributed by atoms with van der Waals surface area (Å²) in [6, 6.07) is 0. The maximum absolute atomic E-state index is 13.2. The number of alkyl halides is 1. The van der Waals surface area contributed by atoms with E-state index in [0.29, 0.717) is 19.4 Å². The number of hydrogen-bond donors (Lipinski definition) is 0. The Kier molecular flexibility index (Phi) is 5.22. The van der Waals surface area contributed by atoms with E-state index in [1.165, 1.54) is 12.8 Å². The Morgan fingerprint density at radius 1 is 1.11 bits per heavy atom. The van der Waals surface area contributed by atoms with Crippen molar-refractivity contribution in [2.24, 2.45) is 17.3 Å². The van der Waals surface area contributed by atoms with Gasteiger partial charge >= 0.3 is 11.9 Å². The van der Waals surface area contributed by atoms with Gasteiger partial charge in [-0.25, -0.2) is 4.79 Å². The number of ether oxygens (including phenoxy) is 5. The molecule has 0 radical (unpaired) electrons. The number of carbonyl (C=O) groups excluding carboxylic acids is 2. The Morgan fingerprint density at radius 3 is 2.67 bits per heavy atom. The third-order valence-corrected chi connectivity index (χ3v) is 11.4. The Balaban J connectivity index is 1.17. The SMILES string of the molecule is CC(C)[C@]12O[C@H]1[C@@H]1O[C@]13[C@]1(O[C@H]1C[C@H]1C4=C(CC[C@@]13C)C(=O)OC4)[C@@H]2OC(=O)CCCCCCCBr. The van der Waals surface area contributed by atoms with Crippen LogP contribution in [0.4, 0.5) is 0 Å². The summed E-state index contributed by atoms with van der Waals surface area (Å²) in [6.45, 7) is 7.00. The van der Waals surface area contributed by atoms with Crippen molar-refractivity contribution in [3.05, 3.63) is 11.1 Å². The molecule has 9 atom stereocenters. The largest absolute Gasteiger partial charge is 0.458 e. The third kappa shape index (κ3) is 2.75. The number of esters is 2. The van der Waals surface area contributed by atoms with Crippen molar-refractivity contribution in [2.45, 2.75) is 120 Å². The van der Waals surface area contributed by atoms with E-state index in [0.717, 1.165) is 48.6 Å². The summed E-state index contributed by atoms with van der Waals surface area (Å²) in [4.78, 5) is 25.5. The van der Waals surface area contributed by atoms with Gasteiger partial charge in [0.2, 0.25) is 0 Å². The fraction of sp³-hybridized carbons (Fsp3) is 0.857. The summed E-state index contributed by atoms with van der Waals surface area (Å²) < 4.78 is 31.8. The molecule has 0 amide bonds. The molecule has 0 unspecified atom stereocenters. The minimum absolute atomic E-state index is 0.0535. The van der Waals surface area contributed by atoms with Crippen LogP contribution in [0.2, 0.25) is 0 Å². The van der Waals surface area contributed by atoms with Gasteiger partial charge in [-0.3, -0.25) is 4.79 Å². The third-order valence-electron chi connectivity index (χ3n) is 10.8. The van der Waals surface area contributed by atoms with Crippen LogP contribution in [-0.4, -0.2) is 65.1 Å². The van der Waals surface area contributed by atoms with Crippen LogP contribution in [0.1, 0.15) is 78.6 Å². The summed E-state index contributed by atoms with van der Waals surface area (Å²) in [6.07, 6.45) is 7.51. The first kappa shape index (κ1) is 24.1. The van der Waals surface area contributed by atoms with Crippen molar-refractivity contribution in [2.75, 3.05) is 11.9 Å². The van der Waals surface area contributed by atoms with Gasteiger partial charge in [0, 0.05) is 22.7 Å². The van der Waals surface area contributed by atoms with Gasteiger partial charge in [-0.05, 0) is 49.5 Å². The number of carbonyl (C=O) groups is 2. The monoisotopic (exact) mass is 564 g/mol. The number of unbranched alkanes of at least 4 members (excludes halogenated alkanes) is 4. The van der Waals surface area contributed by atoms with E-state index in [2.05, 4.69) is 36.7 Å². The molecular weight excluding hydrogens is 528 g/mol. The average molecular weight is 566 g/mol. The smallest absolute Gasteiger partial charge is 0.334 e. The molecule has 3 saturated heterocycles. The topological polar surface area (TPSA) is 90.2 Å². The van der Waals surface area contributed by atoms with Gasteiger partial charge in [0.15, 0.2) is 11.7 Å². The highest BCUT2D eigenvalue weighted by Gasteiger charge is 3.01. The van der Waals surface area contributed by atoms with E-state index in [9.17, 15) is 9.59 Å². The molecule has 4 heterocycles. The van der Waals surface area contributed by atoms with Crippen LogP contribution in [0.15, 0.2) is 11.1 Å². The zero-order chi connectivity index (χ0) is 25.1. The molecule has 7 nitrogen and oxygen atoms in total. The van der Waals surface area contributed by atoms with Crippen LogP contribution in [0, 0.1) is 17.3 Å². The molecule has 0 aromatic carbocycles. The zero-order valence-corrected chi connectivity index (χ0v) is 23.1. The van der Waals surface area contributed by atoms with Gasteiger partial charge < -0.3 is 23.7 Å². The zero-order valence-electron chi connectivity index (χ0n) is 21.5. The maximum Gasteiger partial charge on any atom is 0.334 e. The van der Waals surface area contributed by atoms with Gasteiger partial charge in [-0.15, -0.1) is 0 Å². The molecule has 8 heteroatoms. The number of cyclic esters (lactones) is 1. The first-order chi connectivity index (χ1) is 17.3.